The van der Waals surface area contributed by atoms with Gasteiger partial charge in [0.1, 0.15) is 6.33 Å². The maximum absolute atomic E-state index is 5.75. The van der Waals surface area contributed by atoms with E-state index in [0.717, 1.165) is 13.0 Å². The first-order chi connectivity index (χ1) is 10.2. The quantitative estimate of drug-likeness (QED) is 0.845. The molecule has 2 aromatic rings. The van der Waals surface area contributed by atoms with Crippen molar-refractivity contribution in [3.8, 4) is 17.4 Å². The molecule has 0 amide bonds. The fourth-order valence-corrected chi connectivity index (χ4v) is 1.75. The number of aromatic nitrogens is 4. The summed E-state index contributed by atoms with van der Waals surface area (Å²) in [6.07, 6.45) is 5.92. The van der Waals surface area contributed by atoms with Crippen molar-refractivity contribution >= 4 is 5.82 Å². The lowest BCUT2D eigenvalue weighted by Crippen LogP contribution is -2.05. The Hall–Kier alpha value is -2.31. The first kappa shape index (κ1) is 15.1. The lowest BCUT2D eigenvalue weighted by atomic mass is 10.4. The predicted molar refractivity (Wildman–Crippen MR) is 80.1 cm³/mol. The summed E-state index contributed by atoms with van der Waals surface area (Å²) in [5, 5.41) is 7.42. The maximum atomic E-state index is 5.75. The van der Waals surface area contributed by atoms with Crippen LogP contribution in [0, 0.1) is 0 Å². The summed E-state index contributed by atoms with van der Waals surface area (Å²) in [7, 11) is 1.57. The lowest BCUT2D eigenvalue weighted by Gasteiger charge is -2.12. The summed E-state index contributed by atoms with van der Waals surface area (Å²) in [5.41, 5.74) is 0. The smallest absolute Gasteiger partial charge is 0.268 e. The van der Waals surface area contributed by atoms with E-state index in [0.29, 0.717) is 23.2 Å². The van der Waals surface area contributed by atoms with Crippen molar-refractivity contribution in [3.63, 3.8) is 0 Å². The summed E-state index contributed by atoms with van der Waals surface area (Å²) in [6, 6.07) is 0.274. The number of nitrogens with one attached hydrogen (secondary N) is 1. The Morgan fingerprint density at radius 2 is 2.14 bits per heavy atom. The van der Waals surface area contributed by atoms with Gasteiger partial charge in [0.2, 0.25) is 5.75 Å². The molecule has 0 saturated heterocycles. The zero-order valence-corrected chi connectivity index (χ0v) is 12.8. The third-order valence-corrected chi connectivity index (χ3v) is 2.84. The number of rotatable bonds is 7. The van der Waals surface area contributed by atoms with E-state index in [1.165, 1.54) is 6.33 Å². The number of methoxy groups -OCH3 is 1. The van der Waals surface area contributed by atoms with E-state index in [-0.39, 0.29) is 6.04 Å². The highest BCUT2D eigenvalue weighted by molar-refractivity contribution is 5.55. The molecule has 7 heteroatoms. The highest BCUT2D eigenvalue weighted by atomic mass is 16.5. The van der Waals surface area contributed by atoms with Crippen molar-refractivity contribution in [1.29, 1.82) is 0 Å². The second kappa shape index (κ2) is 6.92. The molecule has 0 saturated carbocycles. The van der Waals surface area contributed by atoms with Crippen molar-refractivity contribution in [2.24, 2.45) is 0 Å². The highest BCUT2D eigenvalue weighted by Gasteiger charge is 2.15. The Labute approximate surface area is 124 Å². The molecule has 0 aliphatic rings. The van der Waals surface area contributed by atoms with E-state index < -0.39 is 0 Å². The van der Waals surface area contributed by atoms with Crippen LogP contribution in [0.5, 0.6) is 17.4 Å². The maximum Gasteiger partial charge on any atom is 0.268 e. The van der Waals surface area contributed by atoms with Gasteiger partial charge in [-0.25, -0.2) is 4.98 Å². The Kier molecular flexibility index (Phi) is 4.97. The normalized spacial score (nSPS) is 10.7. The van der Waals surface area contributed by atoms with Gasteiger partial charge in [0.15, 0.2) is 11.6 Å². The number of ether oxygens (including phenoxy) is 2. The largest absolute Gasteiger partial charge is 0.489 e. The molecule has 1 N–H and O–H groups in total. The zero-order chi connectivity index (χ0) is 15.2. The van der Waals surface area contributed by atoms with Gasteiger partial charge in [0.25, 0.3) is 5.88 Å². The Morgan fingerprint density at radius 1 is 1.33 bits per heavy atom. The number of hydrogen-bond donors (Lipinski definition) is 1. The van der Waals surface area contributed by atoms with Crippen LogP contribution in [0.2, 0.25) is 0 Å². The van der Waals surface area contributed by atoms with Gasteiger partial charge in [-0.3, -0.25) is 4.68 Å². The molecule has 0 aliphatic carbocycles. The SMILES string of the molecule is CCCNc1ncnc(Oc2cnn(C(C)C)c2)c1OC. The predicted octanol–water partition coefficient (Wildman–Crippen LogP) is 2.88. The van der Waals surface area contributed by atoms with Gasteiger partial charge < -0.3 is 14.8 Å². The van der Waals surface area contributed by atoms with E-state index >= 15 is 0 Å². The fourth-order valence-electron chi connectivity index (χ4n) is 1.75. The molecule has 114 valence electrons. The van der Waals surface area contributed by atoms with Crippen LogP contribution >= 0.6 is 0 Å². The van der Waals surface area contributed by atoms with Crippen LogP contribution in [0.4, 0.5) is 5.82 Å². The average molecular weight is 291 g/mol. The van der Waals surface area contributed by atoms with Gasteiger partial charge in [-0.05, 0) is 20.3 Å². The van der Waals surface area contributed by atoms with Crippen LogP contribution in [0.15, 0.2) is 18.7 Å². The Balaban J connectivity index is 2.21. The molecule has 0 bridgehead atoms. The fraction of sp³-hybridized carbons (Fsp3) is 0.500. The highest BCUT2D eigenvalue weighted by Crippen LogP contribution is 2.34. The van der Waals surface area contributed by atoms with Gasteiger partial charge in [0.05, 0.1) is 19.5 Å². The first-order valence-corrected chi connectivity index (χ1v) is 7.00. The van der Waals surface area contributed by atoms with E-state index in [1.54, 1.807) is 13.3 Å². The molecule has 2 heterocycles. The van der Waals surface area contributed by atoms with Gasteiger partial charge in [-0.2, -0.15) is 10.1 Å². The molecule has 21 heavy (non-hydrogen) atoms. The number of hydrogen-bond acceptors (Lipinski definition) is 6. The van der Waals surface area contributed by atoms with E-state index in [4.69, 9.17) is 9.47 Å². The third-order valence-electron chi connectivity index (χ3n) is 2.84. The molecule has 0 atom stereocenters. The van der Waals surface area contributed by atoms with Gasteiger partial charge in [-0.1, -0.05) is 6.92 Å². The minimum atomic E-state index is 0.274. The standard InChI is InChI=1S/C14H21N5O2/c1-5-6-15-13-12(20-4)14(17-9-16-13)21-11-7-18-19(8-11)10(2)3/h7-10H,5-6H2,1-4H3,(H,15,16,17). The summed E-state index contributed by atoms with van der Waals surface area (Å²) in [5.74, 6) is 2.10. The molecule has 0 aliphatic heterocycles. The van der Waals surface area contributed by atoms with Gasteiger partial charge >= 0.3 is 0 Å². The summed E-state index contributed by atoms with van der Waals surface area (Å²) < 4.78 is 12.9. The molecule has 2 aromatic heterocycles. The molecule has 0 spiro atoms. The Morgan fingerprint density at radius 3 is 2.76 bits per heavy atom. The minimum Gasteiger partial charge on any atom is -0.489 e. The molecular formula is C14H21N5O2. The monoisotopic (exact) mass is 291 g/mol. The molecule has 0 unspecified atom stereocenters. The van der Waals surface area contributed by atoms with Gasteiger partial charge in [-0.15, -0.1) is 0 Å². The van der Waals surface area contributed by atoms with Gasteiger partial charge in [0, 0.05) is 12.6 Å². The van der Waals surface area contributed by atoms with Crippen LogP contribution in [-0.2, 0) is 0 Å². The molecule has 0 fully saturated rings. The minimum absolute atomic E-state index is 0.274. The number of anilines is 1. The molecule has 7 nitrogen and oxygen atoms in total. The topological polar surface area (TPSA) is 74.1 Å². The summed E-state index contributed by atoms with van der Waals surface area (Å²) in [6.45, 7) is 6.99. The van der Waals surface area contributed by atoms with E-state index in [1.807, 2.05) is 10.9 Å². The molecule has 2 rings (SSSR count). The molecular weight excluding hydrogens is 270 g/mol. The van der Waals surface area contributed by atoms with E-state index in [9.17, 15) is 0 Å². The van der Waals surface area contributed by atoms with Crippen LogP contribution in [0.1, 0.15) is 33.2 Å². The molecule has 0 radical (unpaired) electrons. The summed E-state index contributed by atoms with van der Waals surface area (Å²) >= 11 is 0. The van der Waals surface area contributed by atoms with E-state index in [2.05, 4.69) is 41.2 Å². The van der Waals surface area contributed by atoms with Crippen LogP contribution in [-0.4, -0.2) is 33.4 Å². The van der Waals surface area contributed by atoms with Crippen molar-refractivity contribution in [3.05, 3.63) is 18.7 Å². The van der Waals surface area contributed by atoms with Crippen LogP contribution in [0.25, 0.3) is 0 Å². The second-order valence-electron chi connectivity index (χ2n) is 4.84. The number of nitrogens with zero attached hydrogens (tertiary/aromatic N) is 4. The average Bonchev–Trinajstić information content (AvgIpc) is 2.94. The van der Waals surface area contributed by atoms with Crippen molar-refractivity contribution < 1.29 is 9.47 Å². The molecule has 0 aromatic carbocycles. The summed E-state index contributed by atoms with van der Waals surface area (Å²) in [4.78, 5) is 8.31. The van der Waals surface area contributed by atoms with Crippen LogP contribution < -0.4 is 14.8 Å². The van der Waals surface area contributed by atoms with Crippen LogP contribution in [0.3, 0.4) is 0 Å². The lowest BCUT2D eigenvalue weighted by molar-refractivity contribution is 0.368. The zero-order valence-electron chi connectivity index (χ0n) is 12.8. The van der Waals surface area contributed by atoms with Crippen molar-refractivity contribution in [2.45, 2.75) is 33.2 Å². The third kappa shape index (κ3) is 3.62. The second-order valence-corrected chi connectivity index (χ2v) is 4.84. The van der Waals surface area contributed by atoms with Crippen molar-refractivity contribution in [1.82, 2.24) is 19.7 Å². The Bertz CT molecular complexity index is 582. The van der Waals surface area contributed by atoms with Crippen molar-refractivity contribution in [2.75, 3.05) is 19.0 Å². The first-order valence-electron chi connectivity index (χ1n) is 7.00.